The minimum atomic E-state index is -5.39. The number of hydrogen-bond donors (Lipinski definition) is 3. The van der Waals surface area contributed by atoms with Crippen LogP contribution in [0.5, 0.6) is 0 Å². The maximum atomic E-state index is 8.55. The van der Waals surface area contributed by atoms with Gasteiger partial charge in [-0.25, -0.2) is 0 Å². The van der Waals surface area contributed by atoms with Crippen LogP contribution in [0.25, 0.3) is 0 Å². The predicted octanol–water partition coefficient (Wildman–Crippen LogP) is 1.65. The molecule has 0 aromatic heterocycles. The highest BCUT2D eigenvalue weighted by Gasteiger charge is 2.01. The van der Waals surface area contributed by atoms with Crippen molar-refractivity contribution in [1.82, 2.24) is 0 Å². The molecule has 38 heavy (non-hydrogen) atoms. The summed E-state index contributed by atoms with van der Waals surface area (Å²) in [6.45, 7) is 32.4. The van der Waals surface area contributed by atoms with Crippen molar-refractivity contribution in [3.05, 3.63) is 0 Å². The Bertz CT molecular complexity index is 385. The first-order valence-electron chi connectivity index (χ1n) is 16.3. The minimum absolute atomic E-state index is 1.29. The lowest BCUT2D eigenvalue weighted by atomic mass is 10.2. The molecule has 0 aliphatic carbocycles. The van der Waals surface area contributed by atoms with Crippen LogP contribution in [0.2, 0.25) is 0 Å². The molecule has 0 aromatic carbocycles. The van der Waals surface area contributed by atoms with E-state index < -0.39 is 7.82 Å². The lowest BCUT2D eigenvalue weighted by Gasteiger charge is -2.36. The van der Waals surface area contributed by atoms with E-state index in [1.54, 1.807) is 14.7 Å². The van der Waals surface area contributed by atoms with Gasteiger partial charge in [-0.3, -0.25) is 0 Å². The number of rotatable bonds is 21. The van der Waals surface area contributed by atoms with Crippen LogP contribution in [-0.4, -0.2) is 58.9 Å². The average molecular weight is 570 g/mol. The second-order valence-electron chi connectivity index (χ2n) is 10.3. The Labute approximate surface area is 240 Å². The van der Waals surface area contributed by atoms with Crippen molar-refractivity contribution in [2.24, 2.45) is 0 Å². The van der Waals surface area contributed by atoms with Crippen molar-refractivity contribution in [2.45, 2.75) is 139 Å². The summed E-state index contributed by atoms with van der Waals surface area (Å²) >= 11 is 0. The third kappa shape index (κ3) is 49.0. The van der Waals surface area contributed by atoms with Gasteiger partial charge in [-0.05, 0) is 80.1 Å². The molecule has 0 fully saturated rings. The van der Waals surface area contributed by atoms with Gasteiger partial charge in [0, 0.05) is 0 Å². The van der Waals surface area contributed by atoms with Gasteiger partial charge in [0.25, 0.3) is 0 Å². The Kier molecular flexibility index (Phi) is 43.8. The average Bonchev–Trinajstić information content (AvgIpc) is 2.89. The van der Waals surface area contributed by atoms with E-state index in [2.05, 4.69) is 62.3 Å². The number of hydrogen-bond acceptors (Lipinski definition) is 4. The van der Waals surface area contributed by atoms with Crippen molar-refractivity contribution in [1.29, 1.82) is 0 Å². The summed E-state index contributed by atoms with van der Waals surface area (Å²) in [5, 5.41) is 0. The van der Waals surface area contributed by atoms with E-state index in [0.717, 1.165) is 0 Å². The predicted molar refractivity (Wildman–Crippen MR) is 161 cm³/mol. The van der Waals surface area contributed by atoms with Crippen molar-refractivity contribution in [2.75, 3.05) is 58.9 Å². The maximum absolute atomic E-state index is 8.55. The number of nitrogens with one attached hydrogen (secondary N) is 3. The smallest absolute Gasteiger partial charge is 0.0770 e. The van der Waals surface area contributed by atoms with Gasteiger partial charge < -0.3 is 33.9 Å². The van der Waals surface area contributed by atoms with Gasteiger partial charge >= 0.3 is 0 Å². The van der Waals surface area contributed by atoms with Crippen LogP contribution in [0.3, 0.4) is 0 Å². The van der Waals surface area contributed by atoms with E-state index in [1.165, 1.54) is 136 Å². The minimum Gasteiger partial charge on any atom is -0.822 e. The van der Waals surface area contributed by atoms with Gasteiger partial charge in [-0.15, -0.1) is 0 Å². The van der Waals surface area contributed by atoms with E-state index >= 15 is 0 Å². The molecular weight excluding hydrogens is 497 g/mol. The summed E-state index contributed by atoms with van der Waals surface area (Å²) in [5.74, 6) is 0. The van der Waals surface area contributed by atoms with E-state index in [9.17, 15) is 0 Å². The first kappa shape index (κ1) is 45.0. The molecule has 0 amide bonds. The lowest BCUT2D eigenvalue weighted by molar-refractivity contribution is -0.896. The molecule has 0 saturated heterocycles. The summed E-state index contributed by atoms with van der Waals surface area (Å²) in [7, 11) is -5.39. The monoisotopic (exact) mass is 570 g/mol. The fraction of sp³-hybridized carbons (Fsp3) is 1.00. The van der Waals surface area contributed by atoms with E-state index in [0.29, 0.717) is 0 Å². The van der Waals surface area contributed by atoms with Gasteiger partial charge in [0.2, 0.25) is 0 Å². The summed E-state index contributed by atoms with van der Waals surface area (Å²) < 4.78 is 8.55. The van der Waals surface area contributed by atoms with Crippen LogP contribution < -0.4 is 29.4 Å². The SMILES string of the molecule is CCCCCC[NH+](CC)CC.CCCCCC[NH+](CC)CC.CCCCCC[NH+](CC)CC.O=P([O-])([O-])[O-]. The van der Waals surface area contributed by atoms with Gasteiger partial charge in [-0.2, -0.15) is 7.82 Å². The van der Waals surface area contributed by atoms with E-state index in [4.69, 9.17) is 19.2 Å². The zero-order valence-electron chi connectivity index (χ0n) is 27.4. The quantitative estimate of drug-likeness (QED) is 0.145. The third-order valence-corrected chi connectivity index (χ3v) is 7.15. The highest BCUT2D eigenvalue weighted by atomic mass is 31.2. The molecule has 7 nitrogen and oxygen atoms in total. The van der Waals surface area contributed by atoms with E-state index in [-0.39, 0.29) is 0 Å². The fourth-order valence-corrected chi connectivity index (χ4v) is 4.22. The molecule has 8 heteroatoms. The number of unbranched alkanes of at least 4 members (excludes halogenated alkanes) is 9. The van der Waals surface area contributed by atoms with Crippen LogP contribution >= 0.6 is 7.82 Å². The van der Waals surface area contributed by atoms with Crippen LogP contribution in [0.4, 0.5) is 0 Å². The normalized spacial score (nSPS) is 11.0. The molecule has 0 aromatic rings. The zero-order chi connectivity index (χ0) is 30.1. The number of phosphoric acid groups is 1. The standard InChI is InChI=1S/3C10H23N.H3O4P/c3*1-4-7-8-9-10-11(5-2)6-3;1-5(2,3)4/h3*4-10H2,1-3H3;(H3,1,2,3,4). The van der Waals surface area contributed by atoms with Crippen LogP contribution in [0.15, 0.2) is 0 Å². The van der Waals surface area contributed by atoms with Gasteiger partial charge in [-0.1, -0.05) is 59.3 Å². The van der Waals surface area contributed by atoms with Crippen molar-refractivity contribution in [3.63, 3.8) is 0 Å². The van der Waals surface area contributed by atoms with Gasteiger partial charge in [0.1, 0.15) is 0 Å². The van der Waals surface area contributed by atoms with Crippen molar-refractivity contribution >= 4 is 7.82 Å². The molecule has 0 aliphatic rings. The number of quaternary nitrogens is 3. The summed E-state index contributed by atoms with van der Waals surface area (Å²) in [6, 6.07) is 0. The van der Waals surface area contributed by atoms with Gasteiger partial charge in [0.15, 0.2) is 0 Å². The molecule has 0 atom stereocenters. The highest BCUT2D eigenvalue weighted by molar-refractivity contribution is 7.40. The molecule has 3 N–H and O–H groups in total. The highest BCUT2D eigenvalue weighted by Crippen LogP contribution is 2.03. The summed E-state index contributed by atoms with van der Waals surface area (Å²) in [6.07, 6.45) is 16.9. The third-order valence-electron chi connectivity index (χ3n) is 7.15. The Balaban J connectivity index is -0.000000209. The molecule has 0 radical (unpaired) electrons. The fourth-order valence-electron chi connectivity index (χ4n) is 4.22. The van der Waals surface area contributed by atoms with E-state index in [1.807, 2.05) is 0 Å². The molecule has 0 rings (SSSR count). The topological polar surface area (TPSA) is 99.6 Å². The molecule has 0 heterocycles. The summed E-state index contributed by atoms with van der Waals surface area (Å²) in [5.41, 5.74) is 0. The molecule has 0 saturated carbocycles. The maximum Gasteiger partial charge on any atom is 0.0770 e. The molecule has 0 spiro atoms. The second-order valence-corrected chi connectivity index (χ2v) is 11.1. The Morgan fingerprint density at radius 2 is 0.579 bits per heavy atom. The van der Waals surface area contributed by atoms with Crippen LogP contribution in [0.1, 0.15) is 139 Å². The first-order chi connectivity index (χ1) is 18.0. The zero-order valence-corrected chi connectivity index (χ0v) is 28.3. The second kappa shape index (κ2) is 37.0. The molecule has 0 unspecified atom stereocenters. The van der Waals surface area contributed by atoms with Crippen molar-refractivity contribution < 1.29 is 33.9 Å². The lowest BCUT2D eigenvalue weighted by Crippen LogP contribution is -3.11. The molecule has 0 aliphatic heterocycles. The largest absolute Gasteiger partial charge is 0.822 e. The molecule has 236 valence electrons. The molecular formula is C30H72N3O4P. The van der Waals surface area contributed by atoms with Gasteiger partial charge in [0.05, 0.1) is 58.9 Å². The Morgan fingerprint density at radius 3 is 0.711 bits per heavy atom. The summed E-state index contributed by atoms with van der Waals surface area (Å²) in [4.78, 5) is 30.9. The molecule has 0 bridgehead atoms. The Hall–Kier alpha value is -0.0100. The first-order valence-corrected chi connectivity index (χ1v) is 17.7. The Morgan fingerprint density at radius 1 is 0.395 bits per heavy atom. The van der Waals surface area contributed by atoms with Crippen LogP contribution in [-0.2, 0) is 4.57 Å². The van der Waals surface area contributed by atoms with Crippen LogP contribution in [0, 0.1) is 0 Å². The van der Waals surface area contributed by atoms with Crippen molar-refractivity contribution in [3.8, 4) is 0 Å².